The second-order valence-electron chi connectivity index (χ2n) is 5.73. The van der Waals surface area contributed by atoms with Crippen LogP contribution >= 0.6 is 0 Å². The minimum absolute atomic E-state index is 0.949. The van der Waals surface area contributed by atoms with Gasteiger partial charge in [0, 0.05) is 17.6 Å². The molecule has 0 saturated carbocycles. The van der Waals surface area contributed by atoms with Crippen LogP contribution in [0.1, 0.15) is 40.8 Å². The number of aromatic nitrogens is 1. The van der Waals surface area contributed by atoms with Gasteiger partial charge in [-0.15, -0.1) is 0 Å². The number of nitrogens with one attached hydrogen (secondary N) is 1. The molecule has 1 aliphatic carbocycles. The molecule has 0 atom stereocenters. The Hall–Kier alpha value is -1.41. The van der Waals surface area contributed by atoms with Gasteiger partial charge in [0.25, 0.3) is 0 Å². The van der Waals surface area contributed by atoms with E-state index in [0.29, 0.717) is 0 Å². The van der Waals surface area contributed by atoms with E-state index in [1.807, 2.05) is 7.05 Å². The predicted octanol–water partition coefficient (Wildman–Crippen LogP) is 3.45. The molecule has 1 N–H and O–H groups in total. The number of nitrogens with zero attached hydrogens (tertiary/aromatic N) is 1. The molecule has 0 saturated heterocycles. The first kappa shape index (κ1) is 12.6. The molecule has 1 heterocycles. The van der Waals surface area contributed by atoms with E-state index in [-0.39, 0.29) is 0 Å². The fourth-order valence-corrected chi connectivity index (χ4v) is 3.35. The fourth-order valence-electron chi connectivity index (χ4n) is 3.35. The summed E-state index contributed by atoms with van der Waals surface area (Å²) >= 11 is 0. The third-order valence-electron chi connectivity index (χ3n) is 4.17. The summed E-state index contributed by atoms with van der Waals surface area (Å²) in [5.41, 5.74) is 8.18. The molecule has 0 spiro atoms. The van der Waals surface area contributed by atoms with Crippen molar-refractivity contribution in [1.82, 2.24) is 10.3 Å². The highest BCUT2D eigenvalue weighted by Gasteiger charge is 2.18. The zero-order valence-electron chi connectivity index (χ0n) is 12.1. The Morgan fingerprint density at radius 1 is 1.16 bits per heavy atom. The first-order valence-electron chi connectivity index (χ1n) is 7.27. The van der Waals surface area contributed by atoms with Crippen LogP contribution in [0, 0.1) is 13.8 Å². The van der Waals surface area contributed by atoms with Gasteiger partial charge in [0.2, 0.25) is 0 Å². The summed E-state index contributed by atoms with van der Waals surface area (Å²) < 4.78 is 0. The summed E-state index contributed by atoms with van der Waals surface area (Å²) in [5, 5.41) is 4.69. The summed E-state index contributed by atoms with van der Waals surface area (Å²) in [6.45, 7) is 5.31. The molecule has 100 valence electrons. The van der Waals surface area contributed by atoms with Crippen molar-refractivity contribution in [3.05, 3.63) is 40.1 Å². The van der Waals surface area contributed by atoms with Crippen LogP contribution in [0.3, 0.4) is 0 Å². The van der Waals surface area contributed by atoms with Crippen LogP contribution in [0.2, 0.25) is 0 Å². The van der Waals surface area contributed by atoms with E-state index in [1.165, 1.54) is 58.1 Å². The van der Waals surface area contributed by atoms with Gasteiger partial charge in [-0.05, 0) is 69.3 Å². The molecule has 0 fully saturated rings. The molecule has 1 aliphatic rings. The molecule has 0 amide bonds. The van der Waals surface area contributed by atoms with Crippen molar-refractivity contribution in [1.29, 1.82) is 0 Å². The maximum Gasteiger partial charge on any atom is 0.0738 e. The second kappa shape index (κ2) is 4.93. The molecule has 1 aromatic heterocycles. The van der Waals surface area contributed by atoms with Gasteiger partial charge in [0.05, 0.1) is 5.52 Å². The first-order valence-corrected chi connectivity index (χ1v) is 7.27. The SMILES string of the molecule is CNCc1c2c(nc3c(C)cc(C)cc13)CCCC2. The number of pyridine rings is 1. The minimum atomic E-state index is 0.949. The van der Waals surface area contributed by atoms with Crippen molar-refractivity contribution >= 4 is 10.9 Å². The third-order valence-corrected chi connectivity index (χ3v) is 4.17. The van der Waals surface area contributed by atoms with E-state index in [0.717, 1.165) is 13.0 Å². The van der Waals surface area contributed by atoms with Crippen LogP contribution in [-0.2, 0) is 19.4 Å². The molecule has 2 heteroatoms. The molecule has 3 rings (SSSR count). The summed E-state index contributed by atoms with van der Waals surface area (Å²) in [6, 6.07) is 4.55. The quantitative estimate of drug-likeness (QED) is 0.888. The van der Waals surface area contributed by atoms with Crippen LogP contribution < -0.4 is 5.32 Å². The van der Waals surface area contributed by atoms with Crippen LogP contribution in [0.4, 0.5) is 0 Å². The highest BCUT2D eigenvalue weighted by Crippen LogP contribution is 2.31. The molecule has 2 aromatic rings. The second-order valence-corrected chi connectivity index (χ2v) is 5.73. The summed E-state index contributed by atoms with van der Waals surface area (Å²) in [4.78, 5) is 4.97. The van der Waals surface area contributed by atoms with Gasteiger partial charge in [-0.1, -0.05) is 11.6 Å². The number of fused-ring (bicyclic) bond motifs is 2. The van der Waals surface area contributed by atoms with Gasteiger partial charge in [-0.25, -0.2) is 0 Å². The monoisotopic (exact) mass is 254 g/mol. The third kappa shape index (κ3) is 2.14. The summed E-state index contributed by atoms with van der Waals surface area (Å²) in [5.74, 6) is 0. The van der Waals surface area contributed by atoms with Gasteiger partial charge in [-0.3, -0.25) is 4.98 Å². The normalized spacial score (nSPS) is 14.7. The number of rotatable bonds is 2. The Labute approximate surface area is 115 Å². The molecule has 0 unspecified atom stereocenters. The van der Waals surface area contributed by atoms with Gasteiger partial charge in [0.15, 0.2) is 0 Å². The van der Waals surface area contributed by atoms with E-state index in [2.05, 4.69) is 31.3 Å². The van der Waals surface area contributed by atoms with Crippen molar-refractivity contribution in [2.24, 2.45) is 0 Å². The lowest BCUT2D eigenvalue weighted by molar-refractivity contribution is 0.658. The number of hydrogen-bond donors (Lipinski definition) is 1. The number of hydrogen-bond acceptors (Lipinski definition) is 2. The molecular formula is C17H22N2. The minimum Gasteiger partial charge on any atom is -0.316 e. The van der Waals surface area contributed by atoms with E-state index >= 15 is 0 Å². The van der Waals surface area contributed by atoms with Crippen LogP contribution in [-0.4, -0.2) is 12.0 Å². The average Bonchev–Trinajstić information content (AvgIpc) is 2.40. The lowest BCUT2D eigenvalue weighted by Gasteiger charge is -2.21. The predicted molar refractivity (Wildman–Crippen MR) is 80.6 cm³/mol. The van der Waals surface area contributed by atoms with E-state index in [9.17, 15) is 0 Å². The zero-order valence-corrected chi connectivity index (χ0v) is 12.1. The number of aryl methyl sites for hydroxylation is 3. The van der Waals surface area contributed by atoms with Crippen molar-refractivity contribution in [3.63, 3.8) is 0 Å². The average molecular weight is 254 g/mol. The number of benzene rings is 1. The van der Waals surface area contributed by atoms with Gasteiger partial charge in [0.1, 0.15) is 0 Å². The summed E-state index contributed by atoms with van der Waals surface area (Å²) in [6.07, 6.45) is 4.94. The van der Waals surface area contributed by atoms with Gasteiger partial charge >= 0.3 is 0 Å². The van der Waals surface area contributed by atoms with Gasteiger partial charge < -0.3 is 5.32 Å². The Morgan fingerprint density at radius 2 is 1.95 bits per heavy atom. The molecule has 19 heavy (non-hydrogen) atoms. The Morgan fingerprint density at radius 3 is 2.74 bits per heavy atom. The standard InChI is InChI=1S/C17H22N2/c1-11-8-12(2)17-14(9-11)15(10-18-3)13-6-4-5-7-16(13)19-17/h8-9,18H,4-7,10H2,1-3H3. The lowest BCUT2D eigenvalue weighted by atomic mass is 9.88. The highest BCUT2D eigenvalue weighted by molar-refractivity contribution is 5.87. The Kier molecular flexibility index (Phi) is 3.28. The topological polar surface area (TPSA) is 24.9 Å². The van der Waals surface area contributed by atoms with Crippen LogP contribution in [0.25, 0.3) is 10.9 Å². The van der Waals surface area contributed by atoms with E-state index < -0.39 is 0 Å². The van der Waals surface area contributed by atoms with Crippen LogP contribution in [0.5, 0.6) is 0 Å². The molecule has 0 radical (unpaired) electrons. The van der Waals surface area contributed by atoms with Crippen LogP contribution in [0.15, 0.2) is 12.1 Å². The van der Waals surface area contributed by atoms with E-state index in [4.69, 9.17) is 4.98 Å². The Balaban J connectivity index is 2.35. The smallest absolute Gasteiger partial charge is 0.0738 e. The van der Waals surface area contributed by atoms with E-state index in [1.54, 1.807) is 0 Å². The van der Waals surface area contributed by atoms with Gasteiger partial charge in [-0.2, -0.15) is 0 Å². The van der Waals surface area contributed by atoms with Crippen molar-refractivity contribution in [3.8, 4) is 0 Å². The zero-order chi connectivity index (χ0) is 13.4. The summed E-state index contributed by atoms with van der Waals surface area (Å²) in [7, 11) is 2.03. The maximum absolute atomic E-state index is 4.97. The molecule has 1 aromatic carbocycles. The molecule has 0 aliphatic heterocycles. The lowest BCUT2D eigenvalue weighted by Crippen LogP contribution is -2.15. The van der Waals surface area contributed by atoms with Crippen molar-refractivity contribution in [2.75, 3.05) is 7.05 Å². The molecular weight excluding hydrogens is 232 g/mol. The highest BCUT2D eigenvalue weighted by atomic mass is 14.8. The molecule has 2 nitrogen and oxygen atoms in total. The first-order chi connectivity index (χ1) is 9.20. The fraction of sp³-hybridized carbons (Fsp3) is 0.471. The van der Waals surface area contributed by atoms with Crippen molar-refractivity contribution in [2.45, 2.75) is 46.1 Å². The molecule has 0 bridgehead atoms. The Bertz CT molecular complexity index is 629. The largest absolute Gasteiger partial charge is 0.316 e. The maximum atomic E-state index is 4.97. The van der Waals surface area contributed by atoms with Crippen molar-refractivity contribution < 1.29 is 0 Å².